The summed E-state index contributed by atoms with van der Waals surface area (Å²) in [5.74, 6) is -0.612. The number of carbonyl (C=O) groups excluding carboxylic acids is 1. The standard InChI is InChI=1S/C12H17NO5S/c1-3-13(9-12(15)18-4-2)19(16,17)11-7-5-10(14)6-8-11/h5-8,14H,3-4,9H2,1-2H3. The summed E-state index contributed by atoms with van der Waals surface area (Å²) in [6.07, 6.45) is 0. The van der Waals surface area contributed by atoms with Gasteiger partial charge in [0.25, 0.3) is 0 Å². The molecular weight excluding hydrogens is 270 g/mol. The summed E-state index contributed by atoms with van der Waals surface area (Å²) in [6, 6.07) is 5.15. The van der Waals surface area contributed by atoms with Crippen LogP contribution in [0, 0.1) is 0 Å². The van der Waals surface area contributed by atoms with Crippen molar-refractivity contribution in [3.63, 3.8) is 0 Å². The molecule has 0 aromatic heterocycles. The first-order chi connectivity index (χ1) is 8.91. The summed E-state index contributed by atoms with van der Waals surface area (Å²) in [6.45, 7) is 3.32. The largest absolute Gasteiger partial charge is 0.508 e. The van der Waals surface area contributed by atoms with Crippen molar-refractivity contribution in [3.05, 3.63) is 24.3 Å². The van der Waals surface area contributed by atoms with Crippen LogP contribution in [0.1, 0.15) is 13.8 Å². The number of nitrogens with zero attached hydrogens (tertiary/aromatic N) is 1. The molecule has 1 N–H and O–H groups in total. The number of ether oxygens (including phenoxy) is 1. The summed E-state index contributed by atoms with van der Waals surface area (Å²) in [5.41, 5.74) is 0. The molecule has 1 aromatic carbocycles. The Balaban J connectivity index is 2.95. The van der Waals surface area contributed by atoms with Crippen LogP contribution >= 0.6 is 0 Å². The quantitative estimate of drug-likeness (QED) is 0.788. The van der Waals surface area contributed by atoms with Gasteiger partial charge in [0.05, 0.1) is 11.5 Å². The van der Waals surface area contributed by atoms with Crippen molar-refractivity contribution in [2.45, 2.75) is 18.7 Å². The molecule has 0 aliphatic rings. The molecule has 1 rings (SSSR count). The zero-order valence-corrected chi connectivity index (χ0v) is 11.7. The molecule has 0 fully saturated rings. The highest BCUT2D eigenvalue weighted by molar-refractivity contribution is 7.89. The fourth-order valence-electron chi connectivity index (χ4n) is 1.48. The smallest absolute Gasteiger partial charge is 0.321 e. The number of hydrogen-bond acceptors (Lipinski definition) is 5. The molecule has 19 heavy (non-hydrogen) atoms. The molecule has 0 amide bonds. The Hall–Kier alpha value is -1.60. The molecule has 7 heteroatoms. The highest BCUT2D eigenvalue weighted by atomic mass is 32.2. The van der Waals surface area contributed by atoms with E-state index < -0.39 is 16.0 Å². The molecule has 0 aliphatic heterocycles. The van der Waals surface area contributed by atoms with Gasteiger partial charge >= 0.3 is 5.97 Å². The number of phenolic OH excluding ortho intramolecular Hbond substituents is 1. The topological polar surface area (TPSA) is 83.9 Å². The minimum Gasteiger partial charge on any atom is -0.508 e. The van der Waals surface area contributed by atoms with Gasteiger partial charge in [0.1, 0.15) is 12.3 Å². The highest BCUT2D eigenvalue weighted by Gasteiger charge is 2.25. The first-order valence-electron chi connectivity index (χ1n) is 5.86. The lowest BCUT2D eigenvalue weighted by Crippen LogP contribution is -2.36. The van der Waals surface area contributed by atoms with Gasteiger partial charge < -0.3 is 9.84 Å². The normalized spacial score (nSPS) is 11.5. The molecule has 0 bridgehead atoms. The Morgan fingerprint density at radius 1 is 1.26 bits per heavy atom. The number of benzene rings is 1. The Morgan fingerprint density at radius 2 is 1.84 bits per heavy atom. The second-order valence-electron chi connectivity index (χ2n) is 3.73. The number of likely N-dealkylation sites (N-methyl/N-ethyl adjacent to an activating group) is 1. The lowest BCUT2D eigenvalue weighted by Gasteiger charge is -2.19. The molecule has 0 spiro atoms. The van der Waals surface area contributed by atoms with Crippen LogP contribution in [0.5, 0.6) is 5.75 Å². The van der Waals surface area contributed by atoms with E-state index in [-0.39, 0.29) is 30.3 Å². The second-order valence-corrected chi connectivity index (χ2v) is 5.67. The molecule has 0 saturated heterocycles. The van der Waals surface area contributed by atoms with E-state index in [2.05, 4.69) is 0 Å². The average molecular weight is 287 g/mol. The first kappa shape index (κ1) is 15.5. The second kappa shape index (κ2) is 6.53. The molecule has 0 aliphatic carbocycles. The molecule has 0 saturated carbocycles. The Morgan fingerprint density at radius 3 is 2.32 bits per heavy atom. The predicted molar refractivity (Wildman–Crippen MR) is 69.2 cm³/mol. The van der Waals surface area contributed by atoms with E-state index >= 15 is 0 Å². The third kappa shape index (κ3) is 3.93. The average Bonchev–Trinajstić information content (AvgIpc) is 2.36. The Labute approximate surface area is 112 Å². The lowest BCUT2D eigenvalue weighted by atomic mass is 10.3. The summed E-state index contributed by atoms with van der Waals surface area (Å²) in [5, 5.41) is 9.15. The maximum absolute atomic E-state index is 12.3. The maximum Gasteiger partial charge on any atom is 0.321 e. The number of carbonyl (C=O) groups is 1. The predicted octanol–water partition coefficient (Wildman–Crippen LogP) is 0.966. The van der Waals surface area contributed by atoms with Gasteiger partial charge in [-0.1, -0.05) is 6.92 Å². The van der Waals surface area contributed by atoms with Crippen molar-refractivity contribution in [1.82, 2.24) is 4.31 Å². The number of phenols is 1. The minimum absolute atomic E-state index is 0.0209. The van der Waals surface area contributed by atoms with Crippen molar-refractivity contribution in [2.24, 2.45) is 0 Å². The zero-order valence-electron chi connectivity index (χ0n) is 10.9. The zero-order chi connectivity index (χ0) is 14.5. The van der Waals surface area contributed by atoms with E-state index in [4.69, 9.17) is 9.84 Å². The van der Waals surface area contributed by atoms with Crippen LogP contribution in [0.2, 0.25) is 0 Å². The SMILES string of the molecule is CCOC(=O)CN(CC)S(=O)(=O)c1ccc(O)cc1. The van der Waals surface area contributed by atoms with Gasteiger partial charge in [-0.2, -0.15) is 4.31 Å². The van der Waals surface area contributed by atoms with E-state index in [0.29, 0.717) is 0 Å². The van der Waals surface area contributed by atoms with Crippen LogP contribution in [0.25, 0.3) is 0 Å². The summed E-state index contributed by atoms with van der Waals surface area (Å²) in [4.78, 5) is 11.4. The van der Waals surface area contributed by atoms with Crippen molar-refractivity contribution >= 4 is 16.0 Å². The number of rotatable bonds is 6. The third-order valence-electron chi connectivity index (χ3n) is 2.44. The van der Waals surface area contributed by atoms with Crippen molar-refractivity contribution in [2.75, 3.05) is 19.7 Å². The highest BCUT2D eigenvalue weighted by Crippen LogP contribution is 2.18. The van der Waals surface area contributed by atoms with Crippen molar-refractivity contribution in [3.8, 4) is 5.75 Å². The van der Waals surface area contributed by atoms with Gasteiger partial charge in [-0.15, -0.1) is 0 Å². The van der Waals surface area contributed by atoms with Crippen LogP contribution in [-0.2, 0) is 19.6 Å². The fourth-order valence-corrected chi connectivity index (χ4v) is 2.88. The van der Waals surface area contributed by atoms with Crippen molar-refractivity contribution < 1.29 is 23.1 Å². The maximum atomic E-state index is 12.3. The molecular formula is C12H17NO5S. The molecule has 0 radical (unpaired) electrons. The molecule has 106 valence electrons. The van der Waals surface area contributed by atoms with Gasteiger partial charge in [0, 0.05) is 6.54 Å². The van der Waals surface area contributed by atoms with E-state index in [9.17, 15) is 13.2 Å². The van der Waals surface area contributed by atoms with Crippen LogP contribution in [0.15, 0.2) is 29.2 Å². The van der Waals surface area contributed by atoms with E-state index in [0.717, 1.165) is 4.31 Å². The summed E-state index contributed by atoms with van der Waals surface area (Å²) in [7, 11) is -3.76. The van der Waals surface area contributed by atoms with E-state index in [1.807, 2.05) is 0 Å². The molecule has 6 nitrogen and oxygen atoms in total. The Bertz CT molecular complexity index is 524. The molecule has 0 atom stereocenters. The van der Waals surface area contributed by atoms with Gasteiger partial charge in [-0.25, -0.2) is 8.42 Å². The van der Waals surface area contributed by atoms with Gasteiger partial charge in [0.15, 0.2) is 0 Å². The molecule has 0 unspecified atom stereocenters. The van der Waals surface area contributed by atoms with Crippen LogP contribution < -0.4 is 0 Å². The lowest BCUT2D eigenvalue weighted by molar-refractivity contribution is -0.143. The monoisotopic (exact) mass is 287 g/mol. The van der Waals surface area contributed by atoms with Gasteiger partial charge in [-0.3, -0.25) is 4.79 Å². The van der Waals surface area contributed by atoms with E-state index in [1.165, 1.54) is 24.3 Å². The van der Waals surface area contributed by atoms with E-state index in [1.54, 1.807) is 13.8 Å². The Kier molecular flexibility index (Phi) is 5.31. The number of sulfonamides is 1. The number of aromatic hydroxyl groups is 1. The molecule has 0 heterocycles. The summed E-state index contributed by atoms with van der Waals surface area (Å²) >= 11 is 0. The van der Waals surface area contributed by atoms with Gasteiger partial charge in [-0.05, 0) is 31.2 Å². The van der Waals surface area contributed by atoms with Crippen LogP contribution in [0.4, 0.5) is 0 Å². The number of esters is 1. The van der Waals surface area contributed by atoms with Crippen LogP contribution in [-0.4, -0.2) is 43.5 Å². The number of hydrogen-bond donors (Lipinski definition) is 1. The first-order valence-corrected chi connectivity index (χ1v) is 7.30. The fraction of sp³-hybridized carbons (Fsp3) is 0.417. The van der Waals surface area contributed by atoms with Crippen molar-refractivity contribution in [1.29, 1.82) is 0 Å². The minimum atomic E-state index is -3.76. The third-order valence-corrected chi connectivity index (χ3v) is 4.37. The van der Waals surface area contributed by atoms with Gasteiger partial charge in [0.2, 0.25) is 10.0 Å². The molecule has 1 aromatic rings. The van der Waals surface area contributed by atoms with Crippen LogP contribution in [0.3, 0.4) is 0 Å². The summed E-state index contributed by atoms with van der Waals surface area (Å²) < 4.78 is 30.3.